The fourth-order valence-electron chi connectivity index (χ4n) is 2.27. The van der Waals surface area contributed by atoms with Crippen LogP contribution in [0.5, 0.6) is 11.5 Å². The van der Waals surface area contributed by atoms with E-state index in [1.165, 1.54) is 26.4 Å². The Kier molecular flexibility index (Phi) is 10.9. The molecule has 1 atom stereocenters. The van der Waals surface area contributed by atoms with E-state index in [0.717, 1.165) is 0 Å². The van der Waals surface area contributed by atoms with E-state index >= 15 is 0 Å². The average molecular weight is 419 g/mol. The number of carbonyl (C=O) groups is 2. The molecule has 1 rings (SSSR count). The Morgan fingerprint density at radius 3 is 2.25 bits per heavy atom. The van der Waals surface area contributed by atoms with Gasteiger partial charge in [-0.25, -0.2) is 0 Å². The van der Waals surface area contributed by atoms with Crippen LogP contribution < -0.4 is 25.8 Å². The van der Waals surface area contributed by atoms with Gasteiger partial charge in [-0.15, -0.1) is 12.4 Å². The highest BCUT2D eigenvalue weighted by Crippen LogP contribution is 2.34. The number of hydrogen-bond acceptors (Lipinski definition) is 7. The molecule has 0 fully saturated rings. The van der Waals surface area contributed by atoms with E-state index in [-0.39, 0.29) is 49.3 Å². The molecular formula is C17H27ClN4O6. The average Bonchev–Trinajstić information content (AvgIpc) is 2.64. The Balaban J connectivity index is 0.00000729. The van der Waals surface area contributed by atoms with Gasteiger partial charge in [-0.3, -0.25) is 19.7 Å². The van der Waals surface area contributed by atoms with Gasteiger partial charge in [-0.05, 0) is 18.4 Å². The fraction of sp³-hybridized carbons (Fsp3) is 0.529. The quantitative estimate of drug-likeness (QED) is 0.376. The van der Waals surface area contributed by atoms with Crippen molar-refractivity contribution in [2.45, 2.75) is 26.3 Å². The van der Waals surface area contributed by atoms with E-state index in [4.69, 9.17) is 15.2 Å². The molecule has 11 heteroatoms. The predicted octanol–water partition coefficient (Wildman–Crippen LogP) is 0.792. The first-order valence-corrected chi connectivity index (χ1v) is 8.40. The molecule has 0 aliphatic carbocycles. The Hall–Kier alpha value is -2.59. The monoisotopic (exact) mass is 418 g/mol. The highest BCUT2D eigenvalue weighted by atomic mass is 35.5. The van der Waals surface area contributed by atoms with Crippen LogP contribution in [-0.4, -0.2) is 50.1 Å². The van der Waals surface area contributed by atoms with Crippen LogP contribution in [0.2, 0.25) is 0 Å². The smallest absolute Gasteiger partial charge is 0.276 e. The Morgan fingerprint density at radius 1 is 1.18 bits per heavy atom. The summed E-state index contributed by atoms with van der Waals surface area (Å²) in [5.41, 5.74) is 5.95. The number of halogens is 1. The van der Waals surface area contributed by atoms with E-state index < -0.39 is 22.8 Å². The molecule has 10 nitrogen and oxygen atoms in total. The molecule has 1 aromatic rings. The van der Waals surface area contributed by atoms with Crippen LogP contribution in [-0.2, 0) is 16.0 Å². The van der Waals surface area contributed by atoms with E-state index in [1.54, 1.807) is 13.8 Å². The van der Waals surface area contributed by atoms with Crippen molar-refractivity contribution < 1.29 is 24.0 Å². The minimum Gasteiger partial charge on any atom is -0.493 e. The number of nitrogens with two attached hydrogens (primary N) is 1. The topological polar surface area (TPSA) is 146 Å². The SMILES string of the molecule is COc1cc(CCNC(=O)CNC(=O)[C@@H](N)C(C)C)c([N+](=O)[O-])cc1OC.Cl. The van der Waals surface area contributed by atoms with Gasteiger partial charge in [0.15, 0.2) is 11.5 Å². The van der Waals surface area contributed by atoms with Crippen molar-refractivity contribution >= 4 is 29.9 Å². The number of nitro groups is 1. The van der Waals surface area contributed by atoms with Crippen LogP contribution in [0, 0.1) is 16.0 Å². The van der Waals surface area contributed by atoms with Crippen LogP contribution in [0.15, 0.2) is 12.1 Å². The summed E-state index contributed by atoms with van der Waals surface area (Å²) in [5, 5.41) is 16.3. The predicted molar refractivity (Wildman–Crippen MR) is 106 cm³/mol. The number of amides is 2. The lowest BCUT2D eigenvalue weighted by molar-refractivity contribution is -0.385. The zero-order valence-electron chi connectivity index (χ0n) is 16.3. The lowest BCUT2D eigenvalue weighted by Gasteiger charge is -2.15. The summed E-state index contributed by atoms with van der Waals surface area (Å²) in [6.07, 6.45) is 0.210. The molecule has 28 heavy (non-hydrogen) atoms. The van der Waals surface area contributed by atoms with Gasteiger partial charge in [0.2, 0.25) is 11.8 Å². The second-order valence-electron chi connectivity index (χ2n) is 6.18. The highest BCUT2D eigenvalue weighted by molar-refractivity contribution is 5.87. The maximum atomic E-state index is 11.8. The van der Waals surface area contributed by atoms with Crippen molar-refractivity contribution in [2.75, 3.05) is 27.3 Å². The maximum absolute atomic E-state index is 11.8. The summed E-state index contributed by atoms with van der Waals surface area (Å²) in [6, 6.07) is 2.10. The molecule has 158 valence electrons. The minimum atomic E-state index is -0.688. The van der Waals surface area contributed by atoms with E-state index in [0.29, 0.717) is 11.3 Å². The van der Waals surface area contributed by atoms with Gasteiger partial charge in [-0.2, -0.15) is 0 Å². The molecule has 0 aromatic heterocycles. The molecule has 1 aromatic carbocycles. The van der Waals surface area contributed by atoms with Gasteiger partial charge < -0.3 is 25.8 Å². The summed E-state index contributed by atoms with van der Waals surface area (Å²) in [7, 11) is 2.82. The van der Waals surface area contributed by atoms with Crippen LogP contribution >= 0.6 is 12.4 Å². The van der Waals surface area contributed by atoms with Crippen LogP contribution in [0.3, 0.4) is 0 Å². The third-order valence-corrected chi connectivity index (χ3v) is 3.94. The lowest BCUT2D eigenvalue weighted by Crippen LogP contribution is -2.47. The number of carbonyl (C=O) groups excluding carboxylic acids is 2. The van der Waals surface area contributed by atoms with Gasteiger partial charge in [-0.1, -0.05) is 13.8 Å². The molecule has 0 aliphatic heterocycles. The van der Waals surface area contributed by atoms with Crippen molar-refractivity contribution in [2.24, 2.45) is 11.7 Å². The number of benzene rings is 1. The molecular weight excluding hydrogens is 392 g/mol. The molecule has 0 radical (unpaired) electrons. The van der Waals surface area contributed by atoms with Gasteiger partial charge in [0, 0.05) is 12.1 Å². The molecule has 4 N–H and O–H groups in total. The summed E-state index contributed by atoms with van der Waals surface area (Å²) in [4.78, 5) is 34.3. The third kappa shape index (κ3) is 7.20. The van der Waals surface area contributed by atoms with Crippen molar-refractivity contribution in [3.63, 3.8) is 0 Å². The number of hydrogen-bond donors (Lipinski definition) is 3. The number of nitro benzene ring substituents is 1. The number of nitrogens with zero attached hydrogens (tertiary/aromatic N) is 1. The van der Waals surface area contributed by atoms with Crippen LogP contribution in [0.25, 0.3) is 0 Å². The molecule has 0 bridgehead atoms. The number of nitrogens with one attached hydrogen (secondary N) is 2. The first-order chi connectivity index (χ1) is 12.7. The first-order valence-electron chi connectivity index (χ1n) is 8.40. The van der Waals surface area contributed by atoms with E-state index in [9.17, 15) is 19.7 Å². The standard InChI is InChI=1S/C17H26N4O6.ClH/c1-10(2)16(18)17(23)20-9-15(22)19-6-5-11-7-13(26-3)14(27-4)8-12(11)21(24)25;/h7-8,10,16H,5-6,9,18H2,1-4H3,(H,19,22)(H,20,23);1H/t16-;/m0./s1. The largest absolute Gasteiger partial charge is 0.493 e. The Labute approximate surface area is 169 Å². The van der Waals surface area contributed by atoms with E-state index in [1.807, 2.05) is 0 Å². The molecule has 0 spiro atoms. The summed E-state index contributed by atoms with van der Waals surface area (Å²) >= 11 is 0. The van der Waals surface area contributed by atoms with Gasteiger partial charge in [0.1, 0.15) is 0 Å². The Morgan fingerprint density at radius 2 is 1.75 bits per heavy atom. The first kappa shape index (κ1) is 25.4. The van der Waals surface area contributed by atoms with Gasteiger partial charge >= 0.3 is 0 Å². The lowest BCUT2D eigenvalue weighted by atomic mass is 10.1. The fourth-order valence-corrected chi connectivity index (χ4v) is 2.27. The number of rotatable bonds is 10. The van der Waals surface area contributed by atoms with Gasteiger partial charge in [0.25, 0.3) is 5.69 Å². The molecule has 0 saturated heterocycles. The zero-order chi connectivity index (χ0) is 20.6. The number of ether oxygens (including phenoxy) is 2. The molecule has 0 aliphatic rings. The molecule has 0 saturated carbocycles. The number of methoxy groups -OCH3 is 2. The van der Waals surface area contributed by atoms with Crippen molar-refractivity contribution in [1.82, 2.24) is 10.6 Å². The van der Waals surface area contributed by atoms with Gasteiger partial charge in [0.05, 0.1) is 37.8 Å². The van der Waals surface area contributed by atoms with Crippen LogP contribution in [0.1, 0.15) is 19.4 Å². The summed E-state index contributed by atoms with van der Waals surface area (Å²) < 4.78 is 10.2. The summed E-state index contributed by atoms with van der Waals surface area (Å²) in [5.74, 6) is -0.252. The maximum Gasteiger partial charge on any atom is 0.276 e. The molecule has 0 unspecified atom stereocenters. The normalized spacial score (nSPS) is 11.2. The summed E-state index contributed by atoms with van der Waals surface area (Å²) in [6.45, 7) is 3.55. The second-order valence-corrected chi connectivity index (χ2v) is 6.18. The highest BCUT2D eigenvalue weighted by Gasteiger charge is 2.20. The second kappa shape index (κ2) is 12.0. The minimum absolute atomic E-state index is 0. The van der Waals surface area contributed by atoms with Crippen molar-refractivity contribution in [3.05, 3.63) is 27.8 Å². The van der Waals surface area contributed by atoms with Crippen molar-refractivity contribution in [1.29, 1.82) is 0 Å². The van der Waals surface area contributed by atoms with Crippen molar-refractivity contribution in [3.8, 4) is 11.5 Å². The molecule has 0 heterocycles. The Bertz CT molecular complexity index is 698. The molecule has 2 amide bonds. The third-order valence-electron chi connectivity index (χ3n) is 3.94. The van der Waals surface area contributed by atoms with E-state index in [2.05, 4.69) is 10.6 Å². The zero-order valence-corrected chi connectivity index (χ0v) is 17.1. The van der Waals surface area contributed by atoms with Crippen LogP contribution in [0.4, 0.5) is 5.69 Å².